The number of anilines is 3. The van der Waals surface area contributed by atoms with Crippen LogP contribution in [0, 0.1) is 0 Å². The van der Waals surface area contributed by atoms with Gasteiger partial charge in [0.15, 0.2) is 0 Å². The Bertz CT molecular complexity index is 1210. The lowest BCUT2D eigenvalue weighted by atomic mass is 10.2. The third-order valence-corrected chi connectivity index (χ3v) is 6.24. The van der Waals surface area contributed by atoms with Crippen LogP contribution in [0.2, 0.25) is 0 Å². The number of nitrogens with two attached hydrogens (primary N) is 1. The quantitative estimate of drug-likeness (QED) is 0.130. The Morgan fingerprint density at radius 1 is 0.632 bits per heavy atom. The van der Waals surface area contributed by atoms with Crippen LogP contribution >= 0.6 is 0 Å². The molecule has 4 aromatic rings. The summed E-state index contributed by atoms with van der Waals surface area (Å²) in [5, 5.41) is 4.61. The van der Waals surface area contributed by atoms with Gasteiger partial charge in [0, 0.05) is 17.3 Å². The molecule has 0 aliphatic heterocycles. The highest BCUT2D eigenvalue weighted by Crippen LogP contribution is 2.30. The zero-order valence-corrected chi connectivity index (χ0v) is 23.0. The number of benzene rings is 3. The Morgan fingerprint density at radius 2 is 1.24 bits per heavy atom. The fourth-order valence-corrected chi connectivity index (χ4v) is 4.08. The first-order valence-electron chi connectivity index (χ1n) is 14.0. The lowest BCUT2D eigenvalue weighted by molar-refractivity contribution is 0.306. The molecule has 1 aromatic heterocycles. The van der Waals surface area contributed by atoms with Crippen LogP contribution in [0.3, 0.4) is 0 Å². The van der Waals surface area contributed by atoms with Crippen molar-refractivity contribution < 1.29 is 9.47 Å². The first-order valence-corrected chi connectivity index (χ1v) is 14.0. The molecule has 0 radical (unpaired) electrons. The maximum Gasteiger partial charge on any atom is 0.142 e. The molecule has 202 valence electrons. The normalized spacial score (nSPS) is 10.5. The van der Waals surface area contributed by atoms with E-state index in [9.17, 15) is 0 Å². The first kappa shape index (κ1) is 28.8. The number of aromatic nitrogens is 1. The van der Waals surface area contributed by atoms with Crippen LogP contribution in [0.1, 0.15) is 65.2 Å². The van der Waals surface area contributed by atoms with Gasteiger partial charge in [-0.1, -0.05) is 94.8 Å². The van der Waals surface area contributed by atoms with Crippen molar-refractivity contribution in [1.29, 1.82) is 0 Å². The molecule has 0 aliphatic carbocycles. The van der Waals surface area contributed by atoms with Gasteiger partial charge in [-0.2, -0.15) is 0 Å². The van der Waals surface area contributed by atoms with E-state index < -0.39 is 0 Å². The molecule has 5 nitrogen and oxygen atoms in total. The van der Waals surface area contributed by atoms with Gasteiger partial charge < -0.3 is 20.5 Å². The molecule has 0 saturated heterocycles. The van der Waals surface area contributed by atoms with E-state index in [1.165, 1.54) is 38.5 Å². The number of hydrogen-bond donors (Lipinski definition) is 2. The van der Waals surface area contributed by atoms with E-state index in [1.54, 1.807) is 0 Å². The van der Waals surface area contributed by atoms with Gasteiger partial charge in [-0.15, -0.1) is 0 Å². The molecule has 0 unspecified atom stereocenters. The fourth-order valence-electron chi connectivity index (χ4n) is 4.08. The second-order valence-corrected chi connectivity index (χ2v) is 9.35. The highest BCUT2D eigenvalue weighted by Gasteiger charge is 2.06. The summed E-state index contributed by atoms with van der Waals surface area (Å²) in [6, 6.07) is 25.9. The van der Waals surface area contributed by atoms with Crippen molar-refractivity contribution in [2.24, 2.45) is 0 Å². The molecule has 0 fully saturated rings. The van der Waals surface area contributed by atoms with Crippen LogP contribution in [0.4, 0.5) is 17.1 Å². The Morgan fingerprint density at radius 3 is 1.95 bits per heavy atom. The molecule has 4 rings (SSSR count). The molecule has 1 heterocycles. The summed E-state index contributed by atoms with van der Waals surface area (Å²) < 4.78 is 11.5. The molecule has 0 amide bonds. The smallest absolute Gasteiger partial charge is 0.142 e. The minimum absolute atomic E-state index is 0.725. The van der Waals surface area contributed by atoms with E-state index in [0.717, 1.165) is 65.5 Å². The Kier molecular flexibility index (Phi) is 12.8. The summed E-state index contributed by atoms with van der Waals surface area (Å²) in [5.74, 6) is 1.71. The average Bonchev–Trinajstić information content (AvgIpc) is 2.95. The molecule has 3 aromatic carbocycles. The van der Waals surface area contributed by atoms with E-state index in [-0.39, 0.29) is 0 Å². The summed E-state index contributed by atoms with van der Waals surface area (Å²) >= 11 is 0. The first-order chi connectivity index (χ1) is 18.7. The van der Waals surface area contributed by atoms with Gasteiger partial charge in [-0.25, -0.2) is 0 Å². The average molecular weight is 514 g/mol. The highest BCUT2D eigenvalue weighted by atomic mass is 16.5. The fraction of sp³-hybridized carbons (Fsp3) is 0.364. The van der Waals surface area contributed by atoms with Gasteiger partial charge >= 0.3 is 0 Å². The van der Waals surface area contributed by atoms with Gasteiger partial charge in [0.25, 0.3) is 0 Å². The predicted octanol–water partition coefficient (Wildman–Crippen LogP) is 9.17. The van der Waals surface area contributed by atoms with Crippen LogP contribution in [0.5, 0.6) is 11.5 Å². The largest absolute Gasteiger partial charge is 0.491 e. The van der Waals surface area contributed by atoms with Crippen molar-refractivity contribution in [2.45, 2.75) is 65.2 Å². The number of unbranched alkanes of at least 4 members (excludes halogenated alkanes) is 6. The van der Waals surface area contributed by atoms with Gasteiger partial charge in [0.05, 0.1) is 30.1 Å². The van der Waals surface area contributed by atoms with Gasteiger partial charge in [-0.3, -0.25) is 4.98 Å². The molecule has 0 spiro atoms. The Labute approximate surface area is 228 Å². The second-order valence-electron chi connectivity index (χ2n) is 9.35. The molecular weight excluding hydrogens is 470 g/mol. The lowest BCUT2D eigenvalue weighted by Gasteiger charge is -2.14. The number of ether oxygens (including phenoxy) is 2. The summed E-state index contributed by atoms with van der Waals surface area (Å²) in [6.45, 7) is 5.96. The van der Waals surface area contributed by atoms with E-state index in [1.807, 2.05) is 72.9 Å². The number of nitrogens with one attached hydrogen (secondary N) is 1. The van der Waals surface area contributed by atoms with Gasteiger partial charge in [0.2, 0.25) is 0 Å². The van der Waals surface area contributed by atoms with Crippen LogP contribution in [0.25, 0.3) is 10.9 Å². The molecule has 0 aliphatic rings. The molecule has 0 atom stereocenters. The summed E-state index contributed by atoms with van der Waals surface area (Å²) in [5.41, 5.74) is 9.48. The number of para-hydroxylation sites is 5. The molecular formula is C33H43N3O2. The monoisotopic (exact) mass is 513 g/mol. The van der Waals surface area contributed by atoms with Crippen molar-refractivity contribution >= 4 is 28.0 Å². The van der Waals surface area contributed by atoms with E-state index >= 15 is 0 Å². The zero-order chi connectivity index (χ0) is 26.8. The number of hydrogen-bond acceptors (Lipinski definition) is 5. The van der Waals surface area contributed by atoms with E-state index in [2.05, 4.69) is 36.3 Å². The van der Waals surface area contributed by atoms with Crippen LogP contribution in [-0.4, -0.2) is 18.2 Å². The molecule has 3 N–H and O–H groups in total. The number of nitrogens with zero attached hydrogens (tertiary/aromatic N) is 1. The zero-order valence-electron chi connectivity index (χ0n) is 23.0. The Hall–Kier alpha value is -3.73. The van der Waals surface area contributed by atoms with Crippen molar-refractivity contribution in [3.63, 3.8) is 0 Å². The minimum atomic E-state index is 0.725. The number of nitrogen functional groups attached to an aromatic ring is 1. The molecule has 0 saturated carbocycles. The minimum Gasteiger partial charge on any atom is -0.491 e. The van der Waals surface area contributed by atoms with E-state index in [4.69, 9.17) is 15.2 Å². The maximum atomic E-state index is 5.99. The van der Waals surface area contributed by atoms with Crippen molar-refractivity contribution in [1.82, 2.24) is 4.98 Å². The number of pyridine rings is 1. The van der Waals surface area contributed by atoms with Gasteiger partial charge in [-0.05, 0) is 49.2 Å². The third-order valence-electron chi connectivity index (χ3n) is 6.24. The third kappa shape index (κ3) is 9.62. The highest BCUT2D eigenvalue weighted by molar-refractivity contribution is 5.93. The lowest BCUT2D eigenvalue weighted by Crippen LogP contribution is -2.01. The molecule has 38 heavy (non-hydrogen) atoms. The summed E-state index contributed by atoms with van der Waals surface area (Å²) in [6.07, 6.45) is 11.6. The van der Waals surface area contributed by atoms with Gasteiger partial charge in [0.1, 0.15) is 11.5 Å². The van der Waals surface area contributed by atoms with Crippen molar-refractivity contribution in [3.05, 3.63) is 85.1 Å². The van der Waals surface area contributed by atoms with Crippen molar-refractivity contribution in [2.75, 3.05) is 24.3 Å². The SMILES string of the molecule is CCCCCCOc1ccccc1N.CCCCCCOc1ccccc1Nc1ccnc2ccccc12. The topological polar surface area (TPSA) is 69.4 Å². The standard InChI is InChI=1S/C21H24N2O.C12H19NO/c1-2-3-4-9-16-24-21-13-8-7-12-20(21)23-19-14-15-22-18-11-6-5-10-17(18)19;1-2-3-4-7-10-14-12-9-6-5-8-11(12)13/h5-8,10-15H,2-4,9,16H2,1H3,(H,22,23);5-6,8-9H,2-4,7,10,13H2,1H3. The van der Waals surface area contributed by atoms with Crippen LogP contribution in [-0.2, 0) is 0 Å². The molecule has 0 bridgehead atoms. The van der Waals surface area contributed by atoms with Crippen molar-refractivity contribution in [3.8, 4) is 11.5 Å². The molecule has 5 heteroatoms. The maximum absolute atomic E-state index is 5.99. The van der Waals surface area contributed by atoms with E-state index in [0.29, 0.717) is 0 Å². The summed E-state index contributed by atoms with van der Waals surface area (Å²) in [7, 11) is 0. The van der Waals surface area contributed by atoms with Crippen LogP contribution in [0.15, 0.2) is 85.1 Å². The predicted molar refractivity (Wildman–Crippen MR) is 162 cm³/mol. The number of fused-ring (bicyclic) bond motifs is 1. The summed E-state index contributed by atoms with van der Waals surface area (Å²) in [4.78, 5) is 4.41. The Balaban J connectivity index is 0.000000244. The van der Waals surface area contributed by atoms with Crippen LogP contribution < -0.4 is 20.5 Å². The number of rotatable bonds is 14. The second kappa shape index (κ2) is 16.9.